The predicted molar refractivity (Wildman–Crippen MR) is 73.8 cm³/mol. The number of fused-ring (bicyclic) bond motifs is 1. The molecule has 0 radical (unpaired) electrons. The summed E-state index contributed by atoms with van der Waals surface area (Å²) in [5, 5.41) is 3.41. The van der Waals surface area contributed by atoms with Crippen molar-refractivity contribution in [1.82, 2.24) is 5.32 Å². The Kier molecular flexibility index (Phi) is 5.01. The summed E-state index contributed by atoms with van der Waals surface area (Å²) in [6.07, 6.45) is 3.31. The van der Waals surface area contributed by atoms with Crippen molar-refractivity contribution >= 4 is 11.8 Å². The Balaban J connectivity index is 1.93. The highest BCUT2D eigenvalue weighted by atomic mass is 32.2. The minimum atomic E-state index is 0.274. The van der Waals surface area contributed by atoms with Crippen LogP contribution in [-0.4, -0.2) is 32.5 Å². The van der Waals surface area contributed by atoms with E-state index >= 15 is 0 Å². The number of benzene rings is 1. The highest BCUT2D eigenvalue weighted by molar-refractivity contribution is 7.98. The summed E-state index contributed by atoms with van der Waals surface area (Å²) in [6, 6.07) is 4.00. The average Bonchev–Trinajstić information content (AvgIpc) is 2.85. The maximum Gasteiger partial charge on any atom is 0.231 e. The summed E-state index contributed by atoms with van der Waals surface area (Å²) >= 11 is 1.87. The first-order valence-electron chi connectivity index (χ1n) is 6.01. The number of rotatable bonds is 7. The van der Waals surface area contributed by atoms with Crippen molar-refractivity contribution in [3.63, 3.8) is 0 Å². The normalized spacial score (nSPS) is 12.8. The van der Waals surface area contributed by atoms with Gasteiger partial charge in [-0.05, 0) is 42.7 Å². The Morgan fingerprint density at radius 1 is 1.39 bits per heavy atom. The Labute approximate surface area is 112 Å². The van der Waals surface area contributed by atoms with Gasteiger partial charge in [-0.25, -0.2) is 0 Å². The minimum Gasteiger partial charge on any atom is -0.493 e. The van der Waals surface area contributed by atoms with Crippen LogP contribution < -0.4 is 19.5 Å². The molecule has 18 heavy (non-hydrogen) atoms. The van der Waals surface area contributed by atoms with Gasteiger partial charge in [-0.15, -0.1) is 0 Å². The average molecular weight is 269 g/mol. The van der Waals surface area contributed by atoms with Gasteiger partial charge in [0.2, 0.25) is 12.5 Å². The molecule has 2 rings (SSSR count). The Morgan fingerprint density at radius 2 is 2.28 bits per heavy atom. The zero-order valence-corrected chi connectivity index (χ0v) is 11.6. The van der Waals surface area contributed by atoms with E-state index in [1.165, 1.54) is 12.2 Å². The number of ether oxygens (including phenoxy) is 3. The predicted octanol–water partition coefficient (Wildman–Crippen LogP) is 2.27. The molecule has 1 aromatic carbocycles. The van der Waals surface area contributed by atoms with Gasteiger partial charge < -0.3 is 19.5 Å². The molecule has 0 bridgehead atoms. The van der Waals surface area contributed by atoms with Crippen LogP contribution in [0.5, 0.6) is 17.2 Å². The zero-order valence-electron chi connectivity index (χ0n) is 10.8. The molecule has 4 nitrogen and oxygen atoms in total. The number of nitrogens with one attached hydrogen (secondary N) is 1. The second-order valence-electron chi connectivity index (χ2n) is 4.05. The third-order valence-corrected chi connectivity index (χ3v) is 3.45. The van der Waals surface area contributed by atoms with Crippen molar-refractivity contribution in [2.75, 3.05) is 32.5 Å². The largest absolute Gasteiger partial charge is 0.493 e. The molecule has 1 aliphatic rings. The molecule has 0 fully saturated rings. The minimum absolute atomic E-state index is 0.274. The van der Waals surface area contributed by atoms with Gasteiger partial charge in [0.25, 0.3) is 0 Å². The zero-order chi connectivity index (χ0) is 12.8. The molecule has 0 saturated heterocycles. The molecule has 5 heteroatoms. The molecule has 1 heterocycles. The van der Waals surface area contributed by atoms with E-state index in [0.717, 1.165) is 30.2 Å². The van der Waals surface area contributed by atoms with Gasteiger partial charge in [0, 0.05) is 6.54 Å². The van der Waals surface area contributed by atoms with E-state index in [1.807, 2.05) is 23.9 Å². The van der Waals surface area contributed by atoms with E-state index in [1.54, 1.807) is 7.11 Å². The van der Waals surface area contributed by atoms with Gasteiger partial charge in [-0.2, -0.15) is 11.8 Å². The summed E-state index contributed by atoms with van der Waals surface area (Å²) in [5.74, 6) is 3.42. The summed E-state index contributed by atoms with van der Waals surface area (Å²) < 4.78 is 16.1. The first-order chi connectivity index (χ1) is 8.85. The Bertz CT molecular complexity index is 398. The number of hydrogen-bond donors (Lipinski definition) is 1. The van der Waals surface area contributed by atoms with E-state index in [-0.39, 0.29) is 6.79 Å². The molecule has 0 aliphatic carbocycles. The number of thioether (sulfide) groups is 1. The van der Waals surface area contributed by atoms with Crippen molar-refractivity contribution in [2.45, 2.75) is 13.0 Å². The molecule has 0 spiro atoms. The van der Waals surface area contributed by atoms with Crippen molar-refractivity contribution < 1.29 is 14.2 Å². The molecule has 0 saturated carbocycles. The van der Waals surface area contributed by atoms with Crippen LogP contribution >= 0.6 is 11.8 Å². The van der Waals surface area contributed by atoms with Crippen molar-refractivity contribution in [3.8, 4) is 17.2 Å². The molecular weight excluding hydrogens is 250 g/mol. The number of hydrogen-bond acceptors (Lipinski definition) is 5. The smallest absolute Gasteiger partial charge is 0.231 e. The Hall–Kier alpha value is -1.07. The molecule has 100 valence electrons. The van der Waals surface area contributed by atoms with Crippen molar-refractivity contribution in [3.05, 3.63) is 17.7 Å². The van der Waals surface area contributed by atoms with Crippen molar-refractivity contribution in [2.24, 2.45) is 0 Å². The van der Waals surface area contributed by atoms with Crippen LogP contribution in [0.15, 0.2) is 12.1 Å². The number of methoxy groups -OCH3 is 1. The SMILES string of the molecule is COc1cc(CNCCCSC)cc2c1OCO2. The van der Waals surface area contributed by atoms with Gasteiger partial charge in [0.05, 0.1) is 7.11 Å². The van der Waals surface area contributed by atoms with Crippen LogP contribution in [0.1, 0.15) is 12.0 Å². The van der Waals surface area contributed by atoms with Gasteiger partial charge in [0.1, 0.15) is 0 Å². The van der Waals surface area contributed by atoms with Gasteiger partial charge in [-0.1, -0.05) is 0 Å². The highest BCUT2D eigenvalue weighted by Crippen LogP contribution is 2.41. The van der Waals surface area contributed by atoms with Gasteiger partial charge in [0.15, 0.2) is 11.5 Å². The molecule has 0 atom stereocenters. The maximum atomic E-state index is 5.39. The van der Waals surface area contributed by atoms with Crippen LogP contribution in [0, 0.1) is 0 Å². The first-order valence-corrected chi connectivity index (χ1v) is 7.40. The summed E-state index contributed by atoms with van der Waals surface area (Å²) in [4.78, 5) is 0. The third-order valence-electron chi connectivity index (χ3n) is 2.75. The van der Waals surface area contributed by atoms with E-state index in [9.17, 15) is 0 Å². The first kappa shape index (κ1) is 13.4. The molecule has 1 N–H and O–H groups in total. The molecule has 0 aromatic heterocycles. The lowest BCUT2D eigenvalue weighted by Crippen LogP contribution is -2.15. The van der Waals surface area contributed by atoms with Crippen LogP contribution in [0.2, 0.25) is 0 Å². The van der Waals surface area contributed by atoms with Crippen LogP contribution in [0.3, 0.4) is 0 Å². The second kappa shape index (κ2) is 6.75. The standard InChI is InChI=1S/C13H19NO3S/c1-15-11-6-10(8-14-4-3-5-18-2)7-12-13(11)17-9-16-12/h6-7,14H,3-5,8-9H2,1-2H3. The quantitative estimate of drug-likeness (QED) is 0.769. The van der Waals surface area contributed by atoms with Crippen LogP contribution in [0.25, 0.3) is 0 Å². The monoisotopic (exact) mass is 269 g/mol. The van der Waals surface area contributed by atoms with E-state index < -0.39 is 0 Å². The lowest BCUT2D eigenvalue weighted by atomic mass is 10.2. The summed E-state index contributed by atoms with van der Waals surface area (Å²) in [5.41, 5.74) is 1.15. The molecule has 0 amide bonds. The van der Waals surface area contributed by atoms with Crippen molar-refractivity contribution in [1.29, 1.82) is 0 Å². The summed E-state index contributed by atoms with van der Waals surface area (Å²) in [6.45, 7) is 2.12. The summed E-state index contributed by atoms with van der Waals surface area (Å²) in [7, 11) is 1.65. The lowest BCUT2D eigenvalue weighted by molar-refractivity contribution is 0.171. The highest BCUT2D eigenvalue weighted by Gasteiger charge is 2.19. The van der Waals surface area contributed by atoms with E-state index in [4.69, 9.17) is 14.2 Å². The fourth-order valence-electron chi connectivity index (χ4n) is 1.86. The van der Waals surface area contributed by atoms with Crippen LogP contribution in [-0.2, 0) is 6.54 Å². The van der Waals surface area contributed by atoms with Crippen LogP contribution in [0.4, 0.5) is 0 Å². The second-order valence-corrected chi connectivity index (χ2v) is 5.04. The van der Waals surface area contributed by atoms with E-state index in [2.05, 4.69) is 11.6 Å². The molecule has 0 unspecified atom stereocenters. The lowest BCUT2D eigenvalue weighted by Gasteiger charge is -2.09. The van der Waals surface area contributed by atoms with Gasteiger partial charge in [-0.3, -0.25) is 0 Å². The topological polar surface area (TPSA) is 39.7 Å². The molecular formula is C13H19NO3S. The van der Waals surface area contributed by atoms with Gasteiger partial charge >= 0.3 is 0 Å². The fraction of sp³-hybridized carbons (Fsp3) is 0.538. The molecule has 1 aliphatic heterocycles. The van der Waals surface area contributed by atoms with E-state index in [0.29, 0.717) is 5.75 Å². The fourth-order valence-corrected chi connectivity index (χ4v) is 2.29. The third kappa shape index (κ3) is 3.23. The Morgan fingerprint density at radius 3 is 3.06 bits per heavy atom. The molecule has 1 aromatic rings. The maximum absolute atomic E-state index is 5.39.